The highest BCUT2D eigenvalue weighted by molar-refractivity contribution is 5.78. The van der Waals surface area contributed by atoms with Gasteiger partial charge in [-0.25, -0.2) is 0 Å². The molecule has 0 N–H and O–H groups in total. The van der Waals surface area contributed by atoms with Crippen LogP contribution in [-0.4, -0.2) is 5.78 Å². The molecule has 0 unspecified atom stereocenters. The van der Waals surface area contributed by atoms with Crippen molar-refractivity contribution in [1.29, 1.82) is 0 Å². The summed E-state index contributed by atoms with van der Waals surface area (Å²) < 4.78 is 0. The maximum absolute atomic E-state index is 11.1. The lowest BCUT2D eigenvalue weighted by Gasteiger charge is -2.11. The molecule has 1 nitrogen and oxygen atoms in total. The fourth-order valence-electron chi connectivity index (χ4n) is 1.54. The van der Waals surface area contributed by atoms with Crippen molar-refractivity contribution < 1.29 is 4.79 Å². The summed E-state index contributed by atoms with van der Waals surface area (Å²) in [6, 6.07) is 0. The molecule has 0 aliphatic rings. The van der Waals surface area contributed by atoms with E-state index in [1.54, 1.807) is 6.92 Å². The van der Waals surface area contributed by atoms with Crippen LogP contribution in [0, 0.1) is 5.92 Å². The molecule has 0 heterocycles. The average Bonchev–Trinajstić information content (AvgIpc) is 2.03. The van der Waals surface area contributed by atoms with Gasteiger partial charge in [0, 0.05) is 5.92 Å². The van der Waals surface area contributed by atoms with Gasteiger partial charge in [-0.3, -0.25) is 4.79 Å². The van der Waals surface area contributed by atoms with Crippen LogP contribution in [0.1, 0.15) is 59.3 Å². The fraction of sp³-hybridized carbons (Fsp3) is 0.909. The average molecular weight is 170 g/mol. The lowest BCUT2D eigenvalue weighted by Crippen LogP contribution is -2.10. The second-order valence-corrected chi connectivity index (χ2v) is 3.59. The van der Waals surface area contributed by atoms with Crippen molar-refractivity contribution in [2.45, 2.75) is 59.3 Å². The maximum Gasteiger partial charge on any atom is 0.132 e. The quantitative estimate of drug-likeness (QED) is 0.534. The van der Waals surface area contributed by atoms with E-state index in [0.717, 1.165) is 19.3 Å². The predicted molar refractivity (Wildman–Crippen MR) is 53.2 cm³/mol. The van der Waals surface area contributed by atoms with E-state index in [9.17, 15) is 4.79 Å². The molecule has 72 valence electrons. The standard InChI is InChI=1S/C11H22O/c1-4-6-7-9-11(8-5-2)10(3)12/h11H,4-9H2,1-3H3/t11-/m0/s1. The van der Waals surface area contributed by atoms with Gasteiger partial charge in [-0.15, -0.1) is 0 Å². The van der Waals surface area contributed by atoms with E-state index in [0.29, 0.717) is 11.7 Å². The first-order valence-electron chi connectivity index (χ1n) is 5.22. The van der Waals surface area contributed by atoms with Gasteiger partial charge in [0.15, 0.2) is 0 Å². The normalized spacial score (nSPS) is 12.9. The summed E-state index contributed by atoms with van der Waals surface area (Å²) in [6.45, 7) is 6.07. The summed E-state index contributed by atoms with van der Waals surface area (Å²) in [6.07, 6.45) is 7.07. The first kappa shape index (κ1) is 11.7. The van der Waals surface area contributed by atoms with Gasteiger partial charge in [0.05, 0.1) is 0 Å². The van der Waals surface area contributed by atoms with E-state index in [-0.39, 0.29) is 0 Å². The largest absolute Gasteiger partial charge is 0.300 e. The van der Waals surface area contributed by atoms with Crippen molar-refractivity contribution in [2.24, 2.45) is 5.92 Å². The van der Waals surface area contributed by atoms with E-state index < -0.39 is 0 Å². The number of hydrogen-bond acceptors (Lipinski definition) is 1. The van der Waals surface area contributed by atoms with Crippen molar-refractivity contribution in [1.82, 2.24) is 0 Å². The van der Waals surface area contributed by atoms with Gasteiger partial charge in [-0.1, -0.05) is 39.5 Å². The molecule has 0 saturated heterocycles. The Morgan fingerprint density at radius 2 is 1.75 bits per heavy atom. The predicted octanol–water partition coefficient (Wildman–Crippen LogP) is 3.57. The minimum absolute atomic E-state index is 0.349. The van der Waals surface area contributed by atoms with Gasteiger partial charge >= 0.3 is 0 Å². The Morgan fingerprint density at radius 1 is 1.08 bits per heavy atom. The van der Waals surface area contributed by atoms with E-state index in [1.165, 1.54) is 19.3 Å². The van der Waals surface area contributed by atoms with Crippen molar-refractivity contribution in [3.63, 3.8) is 0 Å². The lowest BCUT2D eigenvalue weighted by molar-refractivity contribution is -0.121. The van der Waals surface area contributed by atoms with Crippen LogP contribution >= 0.6 is 0 Å². The van der Waals surface area contributed by atoms with Crippen molar-refractivity contribution in [2.75, 3.05) is 0 Å². The highest BCUT2D eigenvalue weighted by atomic mass is 16.1. The molecule has 0 fully saturated rings. The van der Waals surface area contributed by atoms with Gasteiger partial charge in [0.25, 0.3) is 0 Å². The van der Waals surface area contributed by atoms with E-state index in [1.807, 2.05) is 0 Å². The van der Waals surface area contributed by atoms with Crippen LogP contribution in [0.5, 0.6) is 0 Å². The minimum Gasteiger partial charge on any atom is -0.300 e. The first-order chi connectivity index (χ1) is 5.72. The molecular weight excluding hydrogens is 148 g/mol. The van der Waals surface area contributed by atoms with Gasteiger partial charge in [0.1, 0.15) is 5.78 Å². The molecule has 0 spiro atoms. The summed E-state index contributed by atoms with van der Waals surface area (Å²) >= 11 is 0. The Kier molecular flexibility index (Phi) is 7.12. The van der Waals surface area contributed by atoms with Crippen LogP contribution in [0.3, 0.4) is 0 Å². The molecule has 0 rings (SSSR count). The van der Waals surface area contributed by atoms with Crippen LogP contribution in [0.25, 0.3) is 0 Å². The van der Waals surface area contributed by atoms with Gasteiger partial charge in [0.2, 0.25) is 0 Å². The molecule has 0 bridgehead atoms. The zero-order valence-electron chi connectivity index (χ0n) is 8.73. The Morgan fingerprint density at radius 3 is 2.17 bits per heavy atom. The van der Waals surface area contributed by atoms with Crippen molar-refractivity contribution >= 4 is 5.78 Å². The molecule has 0 saturated carbocycles. The van der Waals surface area contributed by atoms with Crippen LogP contribution in [0.15, 0.2) is 0 Å². The molecule has 0 amide bonds. The third-order valence-corrected chi connectivity index (χ3v) is 2.37. The first-order valence-corrected chi connectivity index (χ1v) is 5.22. The molecule has 0 aromatic heterocycles. The van der Waals surface area contributed by atoms with Crippen LogP contribution < -0.4 is 0 Å². The van der Waals surface area contributed by atoms with Crippen LogP contribution in [0.2, 0.25) is 0 Å². The van der Waals surface area contributed by atoms with Crippen molar-refractivity contribution in [3.8, 4) is 0 Å². The van der Waals surface area contributed by atoms with Gasteiger partial charge in [-0.05, 0) is 19.8 Å². The molecule has 0 aliphatic carbocycles. The van der Waals surface area contributed by atoms with Crippen LogP contribution in [0.4, 0.5) is 0 Å². The molecule has 0 aromatic rings. The molecule has 1 atom stereocenters. The Balaban J connectivity index is 3.56. The second kappa shape index (κ2) is 7.33. The third kappa shape index (κ3) is 5.34. The summed E-state index contributed by atoms with van der Waals surface area (Å²) in [7, 11) is 0. The molecular formula is C11H22O. The smallest absolute Gasteiger partial charge is 0.132 e. The minimum atomic E-state index is 0.349. The number of rotatable bonds is 7. The third-order valence-electron chi connectivity index (χ3n) is 2.37. The molecule has 0 aromatic carbocycles. The van der Waals surface area contributed by atoms with E-state index >= 15 is 0 Å². The number of unbranched alkanes of at least 4 members (excludes halogenated alkanes) is 2. The highest BCUT2D eigenvalue weighted by Gasteiger charge is 2.11. The zero-order valence-corrected chi connectivity index (χ0v) is 8.73. The Labute approximate surface area is 76.6 Å². The summed E-state index contributed by atoms with van der Waals surface area (Å²) in [5.41, 5.74) is 0. The van der Waals surface area contributed by atoms with Gasteiger partial charge in [-0.2, -0.15) is 0 Å². The second-order valence-electron chi connectivity index (χ2n) is 3.59. The van der Waals surface area contributed by atoms with E-state index in [2.05, 4.69) is 13.8 Å². The van der Waals surface area contributed by atoms with Gasteiger partial charge < -0.3 is 0 Å². The number of carbonyl (C=O) groups is 1. The number of hydrogen-bond donors (Lipinski definition) is 0. The lowest BCUT2D eigenvalue weighted by atomic mass is 9.93. The van der Waals surface area contributed by atoms with Crippen LogP contribution in [-0.2, 0) is 4.79 Å². The molecule has 12 heavy (non-hydrogen) atoms. The maximum atomic E-state index is 11.1. The number of ketones is 1. The monoisotopic (exact) mass is 170 g/mol. The van der Waals surface area contributed by atoms with E-state index in [4.69, 9.17) is 0 Å². The molecule has 0 aliphatic heterocycles. The number of Topliss-reactive ketones (excluding diaryl/α,β-unsaturated/α-hetero) is 1. The summed E-state index contributed by atoms with van der Waals surface area (Å²) in [4.78, 5) is 11.1. The topological polar surface area (TPSA) is 17.1 Å². The number of carbonyl (C=O) groups excluding carboxylic acids is 1. The summed E-state index contributed by atoms with van der Waals surface area (Å²) in [5.74, 6) is 0.731. The Hall–Kier alpha value is -0.330. The highest BCUT2D eigenvalue weighted by Crippen LogP contribution is 2.16. The zero-order chi connectivity index (χ0) is 9.40. The SMILES string of the molecule is CCCCC[C@H](CCC)C(C)=O. The fourth-order valence-corrected chi connectivity index (χ4v) is 1.54. The van der Waals surface area contributed by atoms with Crippen molar-refractivity contribution in [3.05, 3.63) is 0 Å². The molecule has 0 radical (unpaired) electrons. The summed E-state index contributed by atoms with van der Waals surface area (Å²) in [5, 5.41) is 0. The molecule has 1 heteroatoms. The Bertz CT molecular complexity index is 118.